The normalized spacial score (nSPS) is 14.7. The predicted molar refractivity (Wildman–Crippen MR) is 106 cm³/mol. The van der Waals surface area contributed by atoms with Gasteiger partial charge in [-0.2, -0.15) is 5.10 Å². The third kappa shape index (κ3) is 5.84. The van der Waals surface area contributed by atoms with Gasteiger partial charge in [-0.15, -0.1) is 0 Å². The highest BCUT2D eigenvalue weighted by Crippen LogP contribution is 2.18. The van der Waals surface area contributed by atoms with E-state index in [2.05, 4.69) is 10.4 Å². The van der Waals surface area contributed by atoms with Crippen molar-refractivity contribution in [3.63, 3.8) is 0 Å². The molecule has 7 heteroatoms. The molecule has 1 aromatic carbocycles. The Labute approximate surface area is 165 Å². The Balaban J connectivity index is 1.30. The summed E-state index contributed by atoms with van der Waals surface area (Å²) >= 11 is 0. The number of ether oxygens (including phenoxy) is 1. The summed E-state index contributed by atoms with van der Waals surface area (Å²) in [5, 5.41) is 6.98. The molecule has 1 aliphatic heterocycles. The first-order valence-electron chi connectivity index (χ1n) is 9.84. The molecule has 0 unspecified atom stereocenters. The molecule has 0 atom stereocenters. The summed E-state index contributed by atoms with van der Waals surface area (Å²) in [5.74, 6) is 1.34. The highest BCUT2D eigenvalue weighted by Gasteiger charge is 2.23. The number of carbonyl (C=O) groups is 2. The van der Waals surface area contributed by atoms with Crippen molar-refractivity contribution >= 4 is 11.8 Å². The molecular weight excluding hydrogens is 356 g/mol. The Morgan fingerprint density at radius 1 is 1.21 bits per heavy atom. The Hall–Kier alpha value is -2.83. The number of piperidine rings is 1. The van der Waals surface area contributed by atoms with Crippen molar-refractivity contribution in [2.24, 2.45) is 13.0 Å². The molecule has 1 fully saturated rings. The number of nitrogens with zero attached hydrogens (tertiary/aromatic N) is 3. The van der Waals surface area contributed by atoms with E-state index in [1.807, 2.05) is 35.2 Å². The number of nitrogens with one attached hydrogen (secondary N) is 1. The average Bonchev–Trinajstić information content (AvgIpc) is 3.17. The van der Waals surface area contributed by atoms with Crippen LogP contribution in [0.15, 0.2) is 42.7 Å². The van der Waals surface area contributed by atoms with Gasteiger partial charge in [0.2, 0.25) is 5.91 Å². The maximum Gasteiger partial charge on any atom is 0.254 e. The molecule has 1 aromatic heterocycles. The number of aromatic nitrogens is 2. The molecule has 2 heterocycles. The fraction of sp³-hybridized carbons (Fsp3) is 0.476. The van der Waals surface area contributed by atoms with E-state index < -0.39 is 0 Å². The first kappa shape index (κ1) is 19.9. The lowest BCUT2D eigenvalue weighted by Gasteiger charge is -2.32. The molecule has 0 aliphatic carbocycles. The fourth-order valence-corrected chi connectivity index (χ4v) is 3.35. The summed E-state index contributed by atoms with van der Waals surface area (Å²) < 4.78 is 7.25. The molecule has 3 rings (SSSR count). The molecule has 1 aliphatic rings. The Bertz CT molecular complexity index is 767. The number of hydrogen-bond acceptors (Lipinski definition) is 4. The van der Waals surface area contributed by atoms with Crippen molar-refractivity contribution in [1.82, 2.24) is 20.0 Å². The summed E-state index contributed by atoms with van der Waals surface area (Å²) in [6.07, 6.45) is 6.33. The van der Waals surface area contributed by atoms with E-state index in [9.17, 15) is 9.59 Å². The smallest absolute Gasteiger partial charge is 0.254 e. The van der Waals surface area contributed by atoms with Crippen molar-refractivity contribution in [1.29, 1.82) is 0 Å². The maximum atomic E-state index is 12.4. The van der Waals surface area contributed by atoms with Crippen molar-refractivity contribution in [2.75, 3.05) is 26.2 Å². The van der Waals surface area contributed by atoms with E-state index in [0.29, 0.717) is 31.1 Å². The summed E-state index contributed by atoms with van der Waals surface area (Å²) in [6, 6.07) is 9.65. The van der Waals surface area contributed by atoms with Crippen LogP contribution in [0.1, 0.15) is 36.0 Å². The number of para-hydroxylation sites is 1. The van der Waals surface area contributed by atoms with E-state index in [4.69, 9.17) is 4.74 Å². The fourth-order valence-electron chi connectivity index (χ4n) is 3.35. The van der Waals surface area contributed by atoms with Crippen molar-refractivity contribution in [2.45, 2.75) is 25.7 Å². The second kappa shape index (κ2) is 9.92. The molecule has 7 nitrogen and oxygen atoms in total. The molecule has 2 amide bonds. The van der Waals surface area contributed by atoms with Crippen LogP contribution in [0.2, 0.25) is 0 Å². The van der Waals surface area contributed by atoms with Crippen LogP contribution >= 0.6 is 0 Å². The van der Waals surface area contributed by atoms with E-state index >= 15 is 0 Å². The number of likely N-dealkylation sites (tertiary alicyclic amines) is 1. The van der Waals surface area contributed by atoms with Crippen molar-refractivity contribution < 1.29 is 14.3 Å². The van der Waals surface area contributed by atoms with E-state index in [1.54, 1.807) is 24.1 Å². The van der Waals surface area contributed by atoms with Gasteiger partial charge in [-0.3, -0.25) is 14.3 Å². The molecule has 0 saturated carbocycles. The zero-order valence-electron chi connectivity index (χ0n) is 16.3. The molecular formula is C21H28N4O3. The van der Waals surface area contributed by atoms with Gasteiger partial charge in [-0.1, -0.05) is 18.2 Å². The van der Waals surface area contributed by atoms with Crippen LogP contribution in [-0.4, -0.2) is 52.7 Å². The van der Waals surface area contributed by atoms with Gasteiger partial charge in [0.15, 0.2) is 0 Å². The van der Waals surface area contributed by atoms with Crippen LogP contribution in [0.5, 0.6) is 5.75 Å². The molecule has 0 radical (unpaired) electrons. The van der Waals surface area contributed by atoms with Gasteiger partial charge in [0.25, 0.3) is 5.91 Å². The quantitative estimate of drug-likeness (QED) is 0.708. The minimum atomic E-state index is -0.0926. The lowest BCUT2D eigenvalue weighted by molar-refractivity contribution is -0.132. The maximum absolute atomic E-state index is 12.4. The molecule has 150 valence electrons. The topological polar surface area (TPSA) is 76.5 Å². The van der Waals surface area contributed by atoms with Gasteiger partial charge < -0.3 is 15.0 Å². The predicted octanol–water partition coefficient (Wildman–Crippen LogP) is 2.25. The van der Waals surface area contributed by atoms with Crippen molar-refractivity contribution in [3.8, 4) is 5.75 Å². The standard InChI is InChI=1S/C21H28N4O3/c1-24-16-18(15-23-24)21(27)22-14-17-9-11-25(12-10-17)20(26)8-5-13-28-19-6-3-2-4-7-19/h2-4,6-7,15-17H,5,8-14H2,1H3,(H,22,27). The zero-order valence-corrected chi connectivity index (χ0v) is 16.3. The first-order valence-corrected chi connectivity index (χ1v) is 9.84. The Morgan fingerprint density at radius 2 is 1.96 bits per heavy atom. The van der Waals surface area contributed by atoms with Gasteiger partial charge in [-0.25, -0.2) is 0 Å². The summed E-state index contributed by atoms with van der Waals surface area (Å²) in [6.45, 7) is 2.70. The van der Waals surface area contributed by atoms with Crippen LogP contribution in [0.4, 0.5) is 0 Å². The van der Waals surface area contributed by atoms with Crippen LogP contribution in [-0.2, 0) is 11.8 Å². The summed E-state index contributed by atoms with van der Waals surface area (Å²) in [4.78, 5) is 26.4. The molecule has 1 N–H and O–H groups in total. The van der Waals surface area contributed by atoms with E-state index in [1.165, 1.54) is 0 Å². The van der Waals surface area contributed by atoms with Crippen LogP contribution < -0.4 is 10.1 Å². The van der Waals surface area contributed by atoms with E-state index in [0.717, 1.165) is 38.1 Å². The number of amides is 2. The van der Waals surface area contributed by atoms with Gasteiger partial charge in [0, 0.05) is 39.3 Å². The SMILES string of the molecule is Cn1cc(C(=O)NCC2CCN(C(=O)CCCOc3ccccc3)CC2)cn1. The monoisotopic (exact) mass is 384 g/mol. The third-order valence-electron chi connectivity index (χ3n) is 5.03. The summed E-state index contributed by atoms with van der Waals surface area (Å²) in [7, 11) is 1.79. The number of hydrogen-bond donors (Lipinski definition) is 1. The number of rotatable bonds is 8. The summed E-state index contributed by atoms with van der Waals surface area (Å²) in [5.41, 5.74) is 0.577. The second-order valence-corrected chi connectivity index (χ2v) is 7.20. The number of benzene rings is 1. The minimum absolute atomic E-state index is 0.0926. The zero-order chi connectivity index (χ0) is 19.8. The van der Waals surface area contributed by atoms with Gasteiger partial charge in [0.05, 0.1) is 18.4 Å². The first-order chi connectivity index (χ1) is 13.6. The molecule has 0 bridgehead atoms. The lowest BCUT2D eigenvalue weighted by atomic mass is 9.96. The highest BCUT2D eigenvalue weighted by atomic mass is 16.5. The Morgan fingerprint density at radius 3 is 2.64 bits per heavy atom. The van der Waals surface area contributed by atoms with Gasteiger partial charge in [-0.05, 0) is 37.3 Å². The van der Waals surface area contributed by atoms with Crippen LogP contribution in [0.25, 0.3) is 0 Å². The average molecular weight is 384 g/mol. The molecule has 2 aromatic rings. The lowest BCUT2D eigenvalue weighted by Crippen LogP contribution is -2.41. The highest BCUT2D eigenvalue weighted by molar-refractivity contribution is 5.93. The third-order valence-corrected chi connectivity index (χ3v) is 5.03. The van der Waals surface area contributed by atoms with Crippen molar-refractivity contribution in [3.05, 3.63) is 48.3 Å². The minimum Gasteiger partial charge on any atom is -0.494 e. The van der Waals surface area contributed by atoms with Gasteiger partial charge in [0.1, 0.15) is 5.75 Å². The molecule has 0 spiro atoms. The number of aryl methyl sites for hydroxylation is 1. The van der Waals surface area contributed by atoms with Crippen LogP contribution in [0, 0.1) is 5.92 Å². The van der Waals surface area contributed by atoms with E-state index in [-0.39, 0.29) is 11.8 Å². The van der Waals surface area contributed by atoms with Crippen LogP contribution in [0.3, 0.4) is 0 Å². The number of carbonyl (C=O) groups excluding carboxylic acids is 2. The molecule has 1 saturated heterocycles. The Kier molecular flexibility index (Phi) is 7.06. The largest absolute Gasteiger partial charge is 0.494 e. The molecule has 28 heavy (non-hydrogen) atoms. The second-order valence-electron chi connectivity index (χ2n) is 7.20. The van der Waals surface area contributed by atoms with Gasteiger partial charge >= 0.3 is 0 Å².